The van der Waals surface area contributed by atoms with Crippen molar-refractivity contribution in [1.29, 1.82) is 0 Å². The van der Waals surface area contributed by atoms with E-state index in [9.17, 15) is 14.0 Å². The number of thioether (sulfide) groups is 1. The van der Waals surface area contributed by atoms with E-state index in [1.807, 2.05) is 12.3 Å². The average Bonchev–Trinajstić information content (AvgIpc) is 3.23. The molecule has 1 unspecified atom stereocenters. The van der Waals surface area contributed by atoms with Gasteiger partial charge in [-0.25, -0.2) is 9.37 Å². The molecule has 1 aromatic carbocycles. The summed E-state index contributed by atoms with van der Waals surface area (Å²) in [4.78, 5) is 30.8. The Morgan fingerprint density at radius 2 is 2.20 bits per heavy atom. The Bertz CT molecular complexity index is 781. The fourth-order valence-corrected chi connectivity index (χ4v) is 4.41. The lowest BCUT2D eigenvalue weighted by Crippen LogP contribution is -2.47. The molecule has 2 amide bonds. The van der Waals surface area contributed by atoms with Gasteiger partial charge in [-0.1, -0.05) is 12.1 Å². The van der Waals surface area contributed by atoms with E-state index in [1.165, 1.54) is 34.9 Å². The van der Waals surface area contributed by atoms with Crippen LogP contribution in [0.1, 0.15) is 21.1 Å². The molecule has 2 aromatic rings. The van der Waals surface area contributed by atoms with Crippen LogP contribution >= 0.6 is 23.1 Å². The van der Waals surface area contributed by atoms with E-state index in [2.05, 4.69) is 10.3 Å². The van der Waals surface area contributed by atoms with E-state index in [0.29, 0.717) is 24.6 Å². The van der Waals surface area contributed by atoms with Crippen LogP contribution in [0.25, 0.3) is 0 Å². The lowest BCUT2D eigenvalue weighted by molar-refractivity contribution is -0.124. The number of halogens is 1. The Morgan fingerprint density at radius 3 is 2.92 bits per heavy atom. The minimum Gasteiger partial charge on any atom is -0.354 e. The number of amides is 2. The van der Waals surface area contributed by atoms with Crippen molar-refractivity contribution < 1.29 is 14.0 Å². The van der Waals surface area contributed by atoms with Crippen LogP contribution in [0.2, 0.25) is 0 Å². The minimum absolute atomic E-state index is 0.000693. The number of thiazole rings is 1. The van der Waals surface area contributed by atoms with Gasteiger partial charge < -0.3 is 10.2 Å². The van der Waals surface area contributed by atoms with Gasteiger partial charge in [0.1, 0.15) is 11.9 Å². The van der Waals surface area contributed by atoms with Crippen molar-refractivity contribution >= 4 is 34.9 Å². The Kier molecular flexibility index (Phi) is 5.70. The summed E-state index contributed by atoms with van der Waals surface area (Å²) in [6, 6.07) is 5.27. The zero-order valence-electron chi connectivity index (χ0n) is 13.7. The number of hydrogen-bond acceptors (Lipinski definition) is 5. The molecule has 0 bridgehead atoms. The van der Waals surface area contributed by atoms with Crippen molar-refractivity contribution in [3.05, 3.63) is 51.7 Å². The fraction of sp³-hybridized carbons (Fsp3) is 0.353. The van der Waals surface area contributed by atoms with Gasteiger partial charge in [-0.15, -0.1) is 23.1 Å². The maximum Gasteiger partial charge on any atom is 0.258 e. The van der Waals surface area contributed by atoms with Crippen molar-refractivity contribution in [1.82, 2.24) is 15.2 Å². The molecule has 1 aliphatic rings. The second-order valence-electron chi connectivity index (χ2n) is 5.67. The first-order valence-corrected chi connectivity index (χ1v) is 9.91. The second-order valence-corrected chi connectivity index (χ2v) is 7.73. The highest BCUT2D eigenvalue weighted by Gasteiger charge is 2.35. The Labute approximate surface area is 153 Å². The van der Waals surface area contributed by atoms with E-state index >= 15 is 0 Å². The van der Waals surface area contributed by atoms with Gasteiger partial charge in [0, 0.05) is 24.1 Å². The molecule has 1 aromatic heterocycles. The monoisotopic (exact) mass is 379 g/mol. The van der Waals surface area contributed by atoms with Crippen molar-refractivity contribution in [2.75, 3.05) is 18.2 Å². The number of carbonyl (C=O) groups excluding carboxylic acids is 2. The van der Waals surface area contributed by atoms with Gasteiger partial charge in [0.05, 0.1) is 22.1 Å². The highest BCUT2D eigenvalue weighted by molar-refractivity contribution is 7.99. The van der Waals surface area contributed by atoms with Gasteiger partial charge in [0.2, 0.25) is 5.91 Å². The maximum absolute atomic E-state index is 13.9. The second kappa shape index (κ2) is 7.97. The lowest BCUT2D eigenvalue weighted by atomic mass is 10.1. The molecule has 3 rings (SSSR count). The van der Waals surface area contributed by atoms with Crippen LogP contribution in [0.3, 0.4) is 0 Å². The first-order chi connectivity index (χ1) is 12.1. The van der Waals surface area contributed by atoms with Crippen LogP contribution in [-0.2, 0) is 11.2 Å². The molecule has 2 heterocycles. The van der Waals surface area contributed by atoms with E-state index in [1.54, 1.807) is 17.4 Å². The highest BCUT2D eigenvalue weighted by atomic mass is 32.2. The number of benzene rings is 1. The summed E-state index contributed by atoms with van der Waals surface area (Å²) in [7, 11) is 0. The maximum atomic E-state index is 13.9. The predicted octanol–water partition coefficient (Wildman–Crippen LogP) is 2.46. The van der Waals surface area contributed by atoms with Crippen LogP contribution in [-0.4, -0.2) is 45.9 Å². The number of aryl methyl sites for hydroxylation is 1. The predicted molar refractivity (Wildman–Crippen MR) is 97.2 cm³/mol. The summed E-state index contributed by atoms with van der Waals surface area (Å²) in [5.74, 6) is -0.319. The summed E-state index contributed by atoms with van der Waals surface area (Å²) in [6.07, 6.45) is 0.650. The van der Waals surface area contributed by atoms with Gasteiger partial charge >= 0.3 is 0 Å². The molecule has 0 aliphatic carbocycles. The van der Waals surface area contributed by atoms with Crippen molar-refractivity contribution in [2.45, 2.75) is 19.4 Å². The number of rotatable bonds is 5. The normalized spacial score (nSPS) is 16.9. The first-order valence-electron chi connectivity index (χ1n) is 7.88. The van der Waals surface area contributed by atoms with E-state index in [4.69, 9.17) is 0 Å². The molecular formula is C17H18FN3O2S2. The quantitative estimate of drug-likeness (QED) is 0.867. The van der Waals surface area contributed by atoms with Crippen LogP contribution in [0, 0.1) is 12.7 Å². The molecule has 0 spiro atoms. The standard InChI is InChI=1S/C17H18FN3O2S2/c1-11-20-12(8-25-11)6-7-19-16(22)15-9-24-10-21(15)17(23)13-4-2-3-5-14(13)18/h2-5,8,15H,6-7,9-10H2,1H3,(H,19,22). The number of aromatic nitrogens is 1. The van der Waals surface area contributed by atoms with Crippen molar-refractivity contribution in [3.63, 3.8) is 0 Å². The molecule has 0 radical (unpaired) electrons. The Balaban J connectivity index is 1.59. The number of hydrogen-bond donors (Lipinski definition) is 1. The summed E-state index contributed by atoms with van der Waals surface area (Å²) < 4.78 is 13.9. The molecular weight excluding hydrogens is 361 g/mol. The SMILES string of the molecule is Cc1nc(CCNC(=O)C2CSCN2C(=O)c2ccccc2F)cs1. The minimum atomic E-state index is -0.575. The topological polar surface area (TPSA) is 62.3 Å². The van der Waals surface area contributed by atoms with E-state index < -0.39 is 17.8 Å². The molecule has 1 aliphatic heterocycles. The third-order valence-corrected chi connectivity index (χ3v) is 5.73. The summed E-state index contributed by atoms with van der Waals surface area (Å²) in [5, 5.41) is 5.83. The summed E-state index contributed by atoms with van der Waals surface area (Å²) in [5.41, 5.74) is 0.948. The van der Waals surface area contributed by atoms with Crippen LogP contribution in [0.4, 0.5) is 4.39 Å². The molecule has 8 heteroatoms. The third-order valence-electron chi connectivity index (χ3n) is 3.90. The van der Waals surface area contributed by atoms with Gasteiger partial charge in [-0.2, -0.15) is 0 Å². The number of nitrogens with one attached hydrogen (secondary N) is 1. The Morgan fingerprint density at radius 1 is 1.40 bits per heavy atom. The van der Waals surface area contributed by atoms with E-state index in [0.717, 1.165) is 10.7 Å². The van der Waals surface area contributed by atoms with Crippen LogP contribution in [0.5, 0.6) is 0 Å². The molecule has 5 nitrogen and oxygen atoms in total. The molecule has 0 saturated carbocycles. The summed E-state index contributed by atoms with van der Waals surface area (Å²) in [6.45, 7) is 2.40. The van der Waals surface area contributed by atoms with Gasteiger partial charge in [0.25, 0.3) is 5.91 Å². The first kappa shape index (κ1) is 17.9. The Hall–Kier alpha value is -1.93. The number of carbonyl (C=O) groups is 2. The smallest absolute Gasteiger partial charge is 0.258 e. The van der Waals surface area contributed by atoms with Crippen molar-refractivity contribution in [2.24, 2.45) is 0 Å². The molecule has 25 heavy (non-hydrogen) atoms. The van der Waals surface area contributed by atoms with Crippen LogP contribution in [0.15, 0.2) is 29.6 Å². The summed E-state index contributed by atoms with van der Waals surface area (Å²) >= 11 is 3.07. The van der Waals surface area contributed by atoms with E-state index in [-0.39, 0.29) is 11.5 Å². The lowest BCUT2D eigenvalue weighted by Gasteiger charge is -2.23. The third kappa shape index (κ3) is 4.19. The number of nitrogens with zero attached hydrogens (tertiary/aromatic N) is 2. The zero-order chi connectivity index (χ0) is 17.8. The fourth-order valence-electron chi connectivity index (χ4n) is 2.60. The molecule has 132 valence electrons. The van der Waals surface area contributed by atoms with Gasteiger partial charge in [0.15, 0.2) is 0 Å². The zero-order valence-corrected chi connectivity index (χ0v) is 15.3. The molecule has 1 saturated heterocycles. The highest BCUT2D eigenvalue weighted by Crippen LogP contribution is 2.24. The molecule has 1 N–H and O–H groups in total. The average molecular weight is 379 g/mol. The van der Waals surface area contributed by atoms with Crippen LogP contribution < -0.4 is 5.32 Å². The largest absolute Gasteiger partial charge is 0.354 e. The van der Waals surface area contributed by atoms with Gasteiger partial charge in [-0.05, 0) is 19.1 Å². The van der Waals surface area contributed by atoms with Gasteiger partial charge in [-0.3, -0.25) is 9.59 Å². The van der Waals surface area contributed by atoms with Crippen molar-refractivity contribution in [3.8, 4) is 0 Å². The molecule has 1 fully saturated rings. The molecule has 1 atom stereocenters.